The first-order valence-corrected chi connectivity index (χ1v) is 9.54. The predicted octanol–water partition coefficient (Wildman–Crippen LogP) is 3.71. The highest BCUT2D eigenvalue weighted by Crippen LogP contribution is 2.36. The van der Waals surface area contributed by atoms with Gasteiger partial charge in [0.25, 0.3) is 0 Å². The van der Waals surface area contributed by atoms with Crippen LogP contribution in [0.2, 0.25) is 5.02 Å². The maximum Gasteiger partial charge on any atom is 0.309 e. The van der Waals surface area contributed by atoms with E-state index in [1.807, 2.05) is 17.0 Å². The second-order valence-corrected chi connectivity index (χ2v) is 7.79. The Morgan fingerprint density at radius 2 is 1.76 bits per heavy atom. The fraction of sp³-hybridized carbons (Fsp3) is 0.600. The number of hydrogen-bond acceptors (Lipinski definition) is 3. The molecule has 2 aliphatic rings. The van der Waals surface area contributed by atoms with Crippen LogP contribution in [0.3, 0.4) is 0 Å². The van der Waals surface area contributed by atoms with Gasteiger partial charge in [-0.1, -0.05) is 36.6 Å². The van der Waals surface area contributed by atoms with Crippen LogP contribution in [-0.2, 0) is 20.7 Å². The Hall–Kier alpha value is -1.55. The third-order valence-corrected chi connectivity index (χ3v) is 5.93. The molecule has 0 N–H and O–H groups in total. The number of carbonyl (C=O) groups excluding carboxylic acids is 2. The zero-order chi connectivity index (χ0) is 17.8. The lowest BCUT2D eigenvalue weighted by Gasteiger charge is -2.22. The minimum absolute atomic E-state index is 0.0822. The van der Waals surface area contributed by atoms with E-state index in [0.717, 1.165) is 18.7 Å². The molecule has 1 aromatic carbocycles. The number of carbonyl (C=O) groups is 2. The van der Waals surface area contributed by atoms with Crippen molar-refractivity contribution in [3.63, 3.8) is 0 Å². The van der Waals surface area contributed by atoms with E-state index in [0.29, 0.717) is 23.3 Å². The number of hydrogen-bond donors (Lipinski definition) is 0. The van der Waals surface area contributed by atoms with Crippen molar-refractivity contribution in [3.8, 4) is 0 Å². The monoisotopic (exact) mass is 363 g/mol. The van der Waals surface area contributed by atoms with Gasteiger partial charge in [-0.05, 0) is 48.8 Å². The molecule has 1 aliphatic heterocycles. The highest BCUT2D eigenvalue weighted by Gasteiger charge is 2.37. The molecule has 1 heterocycles. The normalized spacial score (nSPS) is 23.8. The molecule has 0 bridgehead atoms. The molecule has 1 unspecified atom stereocenters. The molecular formula is C20H26ClNO3. The highest BCUT2D eigenvalue weighted by atomic mass is 35.5. The Bertz CT molecular complexity index is 602. The molecule has 3 rings (SSSR count). The summed E-state index contributed by atoms with van der Waals surface area (Å²) in [6.07, 6.45) is 5.75. The molecule has 3 atom stereocenters. The first-order chi connectivity index (χ1) is 12.1. The Morgan fingerprint density at radius 3 is 2.32 bits per heavy atom. The molecule has 0 radical (unpaired) electrons. The van der Waals surface area contributed by atoms with Gasteiger partial charge in [-0.15, -0.1) is 0 Å². The Balaban J connectivity index is 1.62. The van der Waals surface area contributed by atoms with Gasteiger partial charge in [0.05, 0.1) is 13.0 Å². The molecule has 5 heteroatoms. The van der Waals surface area contributed by atoms with Crippen molar-refractivity contribution < 1.29 is 14.3 Å². The summed E-state index contributed by atoms with van der Waals surface area (Å²) in [5, 5.41) is 0.661. The van der Waals surface area contributed by atoms with Crippen LogP contribution in [0.15, 0.2) is 24.3 Å². The van der Waals surface area contributed by atoms with Gasteiger partial charge in [0.1, 0.15) is 0 Å². The molecule has 1 saturated heterocycles. The maximum atomic E-state index is 12.8. The predicted molar refractivity (Wildman–Crippen MR) is 97.3 cm³/mol. The minimum atomic E-state index is -0.443. The summed E-state index contributed by atoms with van der Waals surface area (Å²) in [4.78, 5) is 26.9. The molecule has 1 aromatic rings. The van der Waals surface area contributed by atoms with Gasteiger partial charge >= 0.3 is 5.97 Å². The SMILES string of the molecule is COC(=O)C(CC(=O)N1C[C@H]2CCCC[C@H]2C1)Cc1ccc(Cl)cc1. The molecule has 136 valence electrons. The standard InChI is InChI=1S/C20H26ClNO3/c1-25-20(24)17(10-14-6-8-18(21)9-7-14)11-19(23)22-12-15-4-2-3-5-16(15)13-22/h6-9,15-17H,2-5,10-13H2,1H3/t15-,16+,17?. The summed E-state index contributed by atoms with van der Waals surface area (Å²) in [6, 6.07) is 7.40. The van der Waals surface area contributed by atoms with Gasteiger partial charge in [-0.3, -0.25) is 9.59 Å². The van der Waals surface area contributed by atoms with Crippen LogP contribution in [0.1, 0.15) is 37.7 Å². The van der Waals surface area contributed by atoms with E-state index in [1.165, 1.54) is 32.8 Å². The molecule has 1 saturated carbocycles. The van der Waals surface area contributed by atoms with Crippen molar-refractivity contribution >= 4 is 23.5 Å². The summed E-state index contributed by atoms with van der Waals surface area (Å²) >= 11 is 5.92. The lowest BCUT2D eigenvalue weighted by molar-refractivity contribution is -0.148. The number of likely N-dealkylation sites (tertiary alicyclic amines) is 1. The van der Waals surface area contributed by atoms with Crippen LogP contribution in [0, 0.1) is 17.8 Å². The zero-order valence-electron chi connectivity index (χ0n) is 14.7. The number of benzene rings is 1. The average molecular weight is 364 g/mol. The van der Waals surface area contributed by atoms with E-state index in [-0.39, 0.29) is 18.3 Å². The summed E-state index contributed by atoms with van der Waals surface area (Å²) in [7, 11) is 1.38. The van der Waals surface area contributed by atoms with Crippen LogP contribution in [-0.4, -0.2) is 37.0 Å². The third kappa shape index (κ3) is 4.55. The van der Waals surface area contributed by atoms with Crippen molar-refractivity contribution in [1.29, 1.82) is 0 Å². The number of esters is 1. The van der Waals surface area contributed by atoms with Gasteiger partial charge in [0.2, 0.25) is 5.91 Å². The Morgan fingerprint density at radius 1 is 1.16 bits per heavy atom. The van der Waals surface area contributed by atoms with Gasteiger partial charge in [0.15, 0.2) is 0 Å². The van der Waals surface area contributed by atoms with E-state index >= 15 is 0 Å². The number of amides is 1. The summed E-state index contributed by atoms with van der Waals surface area (Å²) in [5.41, 5.74) is 0.989. The zero-order valence-corrected chi connectivity index (χ0v) is 15.5. The minimum Gasteiger partial charge on any atom is -0.469 e. The topological polar surface area (TPSA) is 46.6 Å². The molecular weight excluding hydrogens is 338 g/mol. The van der Waals surface area contributed by atoms with Gasteiger partial charge in [-0.2, -0.15) is 0 Å². The highest BCUT2D eigenvalue weighted by molar-refractivity contribution is 6.30. The van der Waals surface area contributed by atoms with Crippen molar-refractivity contribution in [2.24, 2.45) is 17.8 Å². The number of rotatable bonds is 5. The first-order valence-electron chi connectivity index (χ1n) is 9.17. The van der Waals surface area contributed by atoms with Crippen molar-refractivity contribution in [2.45, 2.75) is 38.5 Å². The molecule has 1 aliphatic carbocycles. The summed E-state index contributed by atoms with van der Waals surface area (Å²) in [6.45, 7) is 1.72. The quantitative estimate of drug-likeness (QED) is 0.749. The first kappa shape index (κ1) is 18.2. The third-order valence-electron chi connectivity index (χ3n) is 5.68. The van der Waals surface area contributed by atoms with Crippen molar-refractivity contribution in [2.75, 3.05) is 20.2 Å². The molecule has 2 fully saturated rings. The van der Waals surface area contributed by atoms with E-state index in [2.05, 4.69) is 0 Å². The lowest BCUT2D eigenvalue weighted by Crippen LogP contribution is -2.33. The smallest absolute Gasteiger partial charge is 0.309 e. The largest absolute Gasteiger partial charge is 0.469 e. The number of fused-ring (bicyclic) bond motifs is 1. The van der Waals surface area contributed by atoms with Gasteiger partial charge in [0, 0.05) is 24.5 Å². The Kier molecular flexibility index (Phi) is 6.00. The fourth-order valence-corrected chi connectivity index (χ4v) is 4.39. The lowest BCUT2D eigenvalue weighted by atomic mass is 9.82. The molecule has 1 amide bonds. The van der Waals surface area contributed by atoms with Crippen LogP contribution in [0.25, 0.3) is 0 Å². The summed E-state index contributed by atoms with van der Waals surface area (Å²) < 4.78 is 4.93. The van der Waals surface area contributed by atoms with Crippen LogP contribution >= 0.6 is 11.6 Å². The van der Waals surface area contributed by atoms with Crippen molar-refractivity contribution in [1.82, 2.24) is 4.90 Å². The molecule has 0 aromatic heterocycles. The second kappa shape index (κ2) is 8.22. The number of nitrogens with zero attached hydrogens (tertiary/aromatic N) is 1. The summed E-state index contributed by atoms with van der Waals surface area (Å²) in [5.74, 6) is 0.635. The van der Waals surface area contributed by atoms with E-state index in [9.17, 15) is 9.59 Å². The van der Waals surface area contributed by atoms with Crippen LogP contribution in [0.4, 0.5) is 0 Å². The Labute approximate surface area is 154 Å². The van der Waals surface area contributed by atoms with E-state index in [4.69, 9.17) is 16.3 Å². The van der Waals surface area contributed by atoms with Gasteiger partial charge in [-0.25, -0.2) is 0 Å². The molecule has 0 spiro atoms. The van der Waals surface area contributed by atoms with E-state index in [1.54, 1.807) is 12.1 Å². The molecule has 25 heavy (non-hydrogen) atoms. The maximum absolute atomic E-state index is 12.8. The van der Waals surface area contributed by atoms with Crippen LogP contribution in [0.5, 0.6) is 0 Å². The van der Waals surface area contributed by atoms with Crippen LogP contribution < -0.4 is 0 Å². The fourth-order valence-electron chi connectivity index (χ4n) is 4.26. The van der Waals surface area contributed by atoms with E-state index < -0.39 is 5.92 Å². The van der Waals surface area contributed by atoms with Crippen molar-refractivity contribution in [3.05, 3.63) is 34.9 Å². The van der Waals surface area contributed by atoms with Gasteiger partial charge < -0.3 is 9.64 Å². The number of ether oxygens (including phenoxy) is 1. The average Bonchev–Trinajstić information content (AvgIpc) is 3.06. The second-order valence-electron chi connectivity index (χ2n) is 7.36. The number of halogens is 1. The number of methoxy groups -OCH3 is 1. The molecule has 4 nitrogen and oxygen atoms in total.